The highest BCUT2D eigenvalue weighted by Gasteiger charge is 2.27. The number of hydrogen-bond acceptors (Lipinski definition) is 3. The number of methoxy groups -OCH3 is 2. The molecule has 0 heterocycles. The summed E-state index contributed by atoms with van der Waals surface area (Å²) in [7, 11) is 3.10. The number of benzene rings is 2. The van der Waals surface area contributed by atoms with Crippen molar-refractivity contribution in [3.63, 3.8) is 0 Å². The Morgan fingerprint density at radius 2 is 1.72 bits per heavy atom. The Balaban J connectivity index is 1.82. The third-order valence-corrected chi connectivity index (χ3v) is 5.26. The van der Waals surface area contributed by atoms with E-state index in [9.17, 15) is 13.6 Å². The van der Waals surface area contributed by atoms with Gasteiger partial charge < -0.3 is 14.4 Å². The van der Waals surface area contributed by atoms with Gasteiger partial charge in [0.15, 0.2) is 11.5 Å². The monoisotopic (exact) mass is 401 g/mol. The van der Waals surface area contributed by atoms with Gasteiger partial charge in [0.05, 0.1) is 20.8 Å². The largest absolute Gasteiger partial charge is 0.493 e. The zero-order chi connectivity index (χ0) is 20.8. The minimum Gasteiger partial charge on any atom is -0.493 e. The zero-order valence-corrected chi connectivity index (χ0v) is 16.7. The van der Waals surface area contributed by atoms with E-state index in [0.29, 0.717) is 11.5 Å². The van der Waals surface area contributed by atoms with Crippen LogP contribution in [0.25, 0.3) is 6.08 Å². The fourth-order valence-corrected chi connectivity index (χ4v) is 3.68. The van der Waals surface area contributed by atoms with E-state index >= 15 is 0 Å². The molecule has 2 aromatic rings. The summed E-state index contributed by atoms with van der Waals surface area (Å²) >= 11 is 0. The Morgan fingerprint density at radius 1 is 1.07 bits per heavy atom. The van der Waals surface area contributed by atoms with Crippen molar-refractivity contribution in [3.05, 3.63) is 65.2 Å². The first-order chi connectivity index (χ1) is 14.0. The Hall–Kier alpha value is -2.89. The minimum absolute atomic E-state index is 0.0171. The van der Waals surface area contributed by atoms with Crippen molar-refractivity contribution in [2.45, 2.75) is 38.3 Å². The van der Waals surface area contributed by atoms with Crippen LogP contribution in [0.1, 0.15) is 36.8 Å². The molecule has 0 bridgehead atoms. The van der Waals surface area contributed by atoms with Crippen molar-refractivity contribution in [3.8, 4) is 11.5 Å². The van der Waals surface area contributed by atoms with Gasteiger partial charge in [0.2, 0.25) is 5.91 Å². The van der Waals surface area contributed by atoms with Gasteiger partial charge in [0.1, 0.15) is 11.6 Å². The second-order valence-electron chi connectivity index (χ2n) is 7.05. The molecule has 0 N–H and O–H groups in total. The highest BCUT2D eigenvalue weighted by Crippen LogP contribution is 2.29. The summed E-state index contributed by atoms with van der Waals surface area (Å²) in [5, 5.41) is 0. The van der Waals surface area contributed by atoms with Crippen molar-refractivity contribution in [2.24, 2.45) is 0 Å². The van der Waals surface area contributed by atoms with Crippen LogP contribution in [0.5, 0.6) is 11.5 Å². The van der Waals surface area contributed by atoms with E-state index in [-0.39, 0.29) is 24.1 Å². The van der Waals surface area contributed by atoms with Gasteiger partial charge in [-0.15, -0.1) is 0 Å². The Kier molecular flexibility index (Phi) is 6.86. The van der Waals surface area contributed by atoms with Crippen molar-refractivity contribution >= 4 is 12.0 Å². The SMILES string of the molecule is COc1ccc(C=CC(=O)N(Cc2c(F)cccc2F)C2CCCC2)cc1OC. The van der Waals surface area contributed by atoms with Gasteiger partial charge in [-0.3, -0.25) is 4.79 Å². The third kappa shape index (κ3) is 4.94. The Morgan fingerprint density at radius 3 is 2.34 bits per heavy atom. The number of nitrogens with zero attached hydrogens (tertiary/aromatic N) is 1. The first-order valence-electron chi connectivity index (χ1n) is 9.67. The first kappa shape index (κ1) is 20.8. The smallest absolute Gasteiger partial charge is 0.247 e. The van der Waals surface area contributed by atoms with Crippen molar-refractivity contribution < 1.29 is 23.0 Å². The fraction of sp³-hybridized carbons (Fsp3) is 0.348. The molecule has 1 aliphatic carbocycles. The van der Waals surface area contributed by atoms with Crippen LogP contribution in [0.4, 0.5) is 8.78 Å². The van der Waals surface area contributed by atoms with Gasteiger partial charge in [-0.1, -0.05) is 25.0 Å². The summed E-state index contributed by atoms with van der Waals surface area (Å²) in [6.07, 6.45) is 6.81. The molecule has 3 rings (SSSR count). The predicted molar refractivity (Wildman–Crippen MR) is 108 cm³/mol. The number of ether oxygens (including phenoxy) is 2. The molecule has 2 aromatic carbocycles. The maximum absolute atomic E-state index is 14.1. The highest BCUT2D eigenvalue weighted by molar-refractivity contribution is 5.92. The lowest BCUT2D eigenvalue weighted by Crippen LogP contribution is -2.37. The van der Waals surface area contributed by atoms with Crippen LogP contribution in [0.15, 0.2) is 42.5 Å². The van der Waals surface area contributed by atoms with Crippen molar-refractivity contribution in [2.75, 3.05) is 14.2 Å². The lowest BCUT2D eigenvalue weighted by atomic mass is 10.1. The summed E-state index contributed by atoms with van der Waals surface area (Å²) in [6, 6.07) is 9.07. The van der Waals surface area contributed by atoms with Crippen LogP contribution in [-0.2, 0) is 11.3 Å². The maximum atomic E-state index is 14.1. The van der Waals surface area contributed by atoms with Gasteiger partial charge >= 0.3 is 0 Å². The number of hydrogen-bond donors (Lipinski definition) is 0. The Bertz CT molecular complexity index is 871. The van der Waals surface area contributed by atoms with Crippen LogP contribution in [0.2, 0.25) is 0 Å². The van der Waals surface area contributed by atoms with Crippen molar-refractivity contribution in [1.29, 1.82) is 0 Å². The fourth-order valence-electron chi connectivity index (χ4n) is 3.68. The molecule has 0 saturated heterocycles. The van der Waals surface area contributed by atoms with Gasteiger partial charge in [0, 0.05) is 17.7 Å². The maximum Gasteiger partial charge on any atom is 0.247 e. The van der Waals surface area contributed by atoms with E-state index in [2.05, 4.69) is 0 Å². The first-order valence-corrected chi connectivity index (χ1v) is 9.67. The quantitative estimate of drug-likeness (QED) is 0.615. The van der Waals surface area contributed by atoms with Crippen LogP contribution in [0, 0.1) is 11.6 Å². The number of rotatable bonds is 7. The molecule has 6 heteroatoms. The van der Waals surface area contributed by atoms with E-state index < -0.39 is 11.6 Å². The molecule has 0 radical (unpaired) electrons. The number of amides is 1. The molecular weight excluding hydrogens is 376 g/mol. The molecule has 0 unspecified atom stereocenters. The molecular formula is C23H25F2NO3. The molecule has 0 aliphatic heterocycles. The second kappa shape index (κ2) is 9.54. The van der Waals surface area contributed by atoms with E-state index in [1.54, 1.807) is 37.3 Å². The second-order valence-corrected chi connectivity index (χ2v) is 7.05. The molecule has 0 atom stereocenters. The molecule has 0 spiro atoms. The molecule has 1 fully saturated rings. The zero-order valence-electron chi connectivity index (χ0n) is 16.7. The summed E-state index contributed by atoms with van der Waals surface area (Å²) in [4.78, 5) is 14.5. The van der Waals surface area contributed by atoms with Gasteiger partial charge in [0.25, 0.3) is 0 Å². The van der Waals surface area contributed by atoms with Crippen LogP contribution in [-0.4, -0.2) is 31.1 Å². The van der Waals surface area contributed by atoms with E-state index in [4.69, 9.17) is 9.47 Å². The summed E-state index contributed by atoms with van der Waals surface area (Å²) in [5.41, 5.74) is 0.687. The topological polar surface area (TPSA) is 38.8 Å². The van der Waals surface area contributed by atoms with Crippen LogP contribution < -0.4 is 9.47 Å². The molecule has 29 heavy (non-hydrogen) atoms. The standard InChI is InChI=1S/C23H25F2NO3/c1-28-21-12-10-16(14-22(21)29-2)11-13-23(27)26(17-6-3-4-7-17)15-18-19(24)8-5-9-20(18)25/h5,8-14,17H,3-4,6-7,15H2,1-2H3. The molecule has 1 amide bonds. The predicted octanol–water partition coefficient (Wildman–Crippen LogP) is 4.97. The molecule has 1 saturated carbocycles. The Labute approximate surface area is 169 Å². The summed E-state index contributed by atoms with van der Waals surface area (Å²) in [6.45, 7) is -0.0850. The molecule has 1 aliphatic rings. The average molecular weight is 401 g/mol. The van der Waals surface area contributed by atoms with Crippen LogP contribution in [0.3, 0.4) is 0 Å². The molecule has 0 aromatic heterocycles. The highest BCUT2D eigenvalue weighted by atomic mass is 19.1. The lowest BCUT2D eigenvalue weighted by molar-refractivity contribution is -0.128. The van der Waals surface area contributed by atoms with Gasteiger partial charge in [-0.25, -0.2) is 8.78 Å². The minimum atomic E-state index is -0.635. The normalized spacial score (nSPS) is 14.3. The number of halogens is 2. The lowest BCUT2D eigenvalue weighted by Gasteiger charge is -2.28. The number of carbonyl (C=O) groups excluding carboxylic acids is 1. The summed E-state index contributed by atoms with van der Waals surface area (Å²) in [5.74, 6) is -0.384. The molecule has 4 nitrogen and oxygen atoms in total. The third-order valence-electron chi connectivity index (χ3n) is 5.26. The van der Waals surface area contributed by atoms with Crippen molar-refractivity contribution in [1.82, 2.24) is 4.90 Å². The molecule has 154 valence electrons. The van der Waals surface area contributed by atoms with E-state index in [1.165, 1.54) is 24.3 Å². The van der Waals surface area contributed by atoms with Gasteiger partial charge in [-0.05, 0) is 48.7 Å². The van der Waals surface area contributed by atoms with E-state index in [0.717, 1.165) is 31.2 Å². The van der Waals surface area contributed by atoms with Crippen LogP contribution >= 0.6 is 0 Å². The summed E-state index contributed by atoms with van der Waals surface area (Å²) < 4.78 is 38.8. The van der Waals surface area contributed by atoms with E-state index in [1.807, 2.05) is 6.07 Å². The average Bonchev–Trinajstić information content (AvgIpc) is 3.26. The van der Waals surface area contributed by atoms with Gasteiger partial charge in [-0.2, -0.15) is 0 Å². The number of carbonyl (C=O) groups is 1.